The van der Waals surface area contributed by atoms with Gasteiger partial charge < -0.3 is 10.6 Å². The van der Waals surface area contributed by atoms with E-state index in [9.17, 15) is 4.79 Å². The zero-order valence-electron chi connectivity index (χ0n) is 12.6. The second-order valence-corrected chi connectivity index (χ2v) is 6.88. The molecule has 0 radical (unpaired) electrons. The minimum atomic E-state index is 0.187. The number of amides is 1. The maximum atomic E-state index is 11.9. The molecule has 1 amide bonds. The lowest BCUT2D eigenvalue weighted by Crippen LogP contribution is -2.41. The summed E-state index contributed by atoms with van der Waals surface area (Å²) in [5.74, 6) is 0.913. The average Bonchev–Trinajstić information content (AvgIpc) is 3.14. The maximum absolute atomic E-state index is 11.9. The minimum absolute atomic E-state index is 0.187. The number of hydrogen-bond donors (Lipinski definition) is 2. The van der Waals surface area contributed by atoms with E-state index >= 15 is 0 Å². The Morgan fingerprint density at radius 1 is 1.16 bits per heavy atom. The van der Waals surface area contributed by atoms with Crippen LogP contribution < -0.4 is 10.6 Å². The molecule has 0 aromatic rings. The fraction of sp³-hybridized carbons (Fsp3) is 0.938. The molecule has 0 unspecified atom stereocenters. The summed E-state index contributed by atoms with van der Waals surface area (Å²) in [5.41, 5.74) is 0.489. The third-order valence-electron chi connectivity index (χ3n) is 5.10. The molecule has 0 saturated heterocycles. The molecular formula is C16H30N2O. The van der Waals surface area contributed by atoms with Crippen LogP contribution >= 0.6 is 0 Å². The normalized spacial score (nSPS) is 23.1. The van der Waals surface area contributed by atoms with Gasteiger partial charge in [-0.25, -0.2) is 0 Å². The minimum Gasteiger partial charge on any atom is -0.352 e. The molecular weight excluding hydrogens is 236 g/mol. The van der Waals surface area contributed by atoms with Gasteiger partial charge in [0.2, 0.25) is 5.91 Å². The molecule has 3 heteroatoms. The number of nitrogens with one attached hydrogen (secondary N) is 2. The van der Waals surface area contributed by atoms with E-state index in [2.05, 4.69) is 24.5 Å². The standard InChI is InChI=1S/C16H30N2O/c1-13(2)16(9-10-16)12-17-11-15(19)18-14-7-5-3-4-6-8-14/h13-14,17H,3-12H2,1-2H3,(H,18,19). The second-order valence-electron chi connectivity index (χ2n) is 6.88. The van der Waals surface area contributed by atoms with E-state index in [4.69, 9.17) is 0 Å². The Morgan fingerprint density at radius 2 is 1.79 bits per heavy atom. The monoisotopic (exact) mass is 266 g/mol. The summed E-state index contributed by atoms with van der Waals surface area (Å²) in [7, 11) is 0. The van der Waals surface area contributed by atoms with Gasteiger partial charge in [0.05, 0.1) is 6.54 Å². The number of rotatable bonds is 6. The van der Waals surface area contributed by atoms with Gasteiger partial charge in [-0.15, -0.1) is 0 Å². The Morgan fingerprint density at radius 3 is 2.32 bits per heavy atom. The molecule has 0 heterocycles. The third-order valence-corrected chi connectivity index (χ3v) is 5.10. The molecule has 0 aliphatic heterocycles. The Kier molecular flexibility index (Phi) is 5.26. The first kappa shape index (κ1) is 14.8. The van der Waals surface area contributed by atoms with Crippen molar-refractivity contribution in [3.05, 3.63) is 0 Å². The van der Waals surface area contributed by atoms with E-state index in [1.807, 2.05) is 0 Å². The highest BCUT2D eigenvalue weighted by atomic mass is 16.1. The molecule has 0 aromatic heterocycles. The van der Waals surface area contributed by atoms with Crippen LogP contribution in [0.4, 0.5) is 0 Å². The van der Waals surface area contributed by atoms with Crippen molar-refractivity contribution >= 4 is 5.91 Å². The van der Waals surface area contributed by atoms with Crippen LogP contribution in [0.25, 0.3) is 0 Å². The summed E-state index contributed by atoms with van der Waals surface area (Å²) in [4.78, 5) is 11.9. The fourth-order valence-corrected chi connectivity index (χ4v) is 3.25. The second kappa shape index (κ2) is 6.74. The lowest BCUT2D eigenvalue weighted by Gasteiger charge is -2.21. The van der Waals surface area contributed by atoms with E-state index in [0.29, 0.717) is 18.0 Å². The molecule has 19 heavy (non-hydrogen) atoms. The van der Waals surface area contributed by atoms with Crippen LogP contribution in [0.15, 0.2) is 0 Å². The van der Waals surface area contributed by atoms with Crippen molar-refractivity contribution in [2.45, 2.75) is 71.3 Å². The Balaban J connectivity index is 1.61. The van der Waals surface area contributed by atoms with Crippen molar-refractivity contribution in [1.82, 2.24) is 10.6 Å². The molecule has 3 nitrogen and oxygen atoms in total. The molecule has 2 rings (SSSR count). The van der Waals surface area contributed by atoms with Gasteiger partial charge in [-0.2, -0.15) is 0 Å². The summed E-state index contributed by atoms with van der Waals surface area (Å²) in [6.45, 7) is 6.08. The fourth-order valence-electron chi connectivity index (χ4n) is 3.25. The van der Waals surface area contributed by atoms with Gasteiger partial charge in [-0.05, 0) is 37.0 Å². The van der Waals surface area contributed by atoms with Gasteiger partial charge in [0, 0.05) is 12.6 Å². The molecule has 0 atom stereocenters. The van der Waals surface area contributed by atoms with Gasteiger partial charge in [-0.1, -0.05) is 39.5 Å². The van der Waals surface area contributed by atoms with Crippen molar-refractivity contribution in [3.63, 3.8) is 0 Å². The summed E-state index contributed by atoms with van der Waals surface area (Å²) >= 11 is 0. The van der Waals surface area contributed by atoms with Crippen molar-refractivity contribution in [2.75, 3.05) is 13.1 Å². The van der Waals surface area contributed by atoms with Gasteiger partial charge in [0.1, 0.15) is 0 Å². The van der Waals surface area contributed by atoms with Crippen LogP contribution in [0, 0.1) is 11.3 Å². The van der Waals surface area contributed by atoms with Crippen LogP contribution in [-0.2, 0) is 4.79 Å². The van der Waals surface area contributed by atoms with Gasteiger partial charge in [0.25, 0.3) is 0 Å². The topological polar surface area (TPSA) is 41.1 Å². The van der Waals surface area contributed by atoms with E-state index in [1.54, 1.807) is 0 Å². The van der Waals surface area contributed by atoms with Crippen LogP contribution in [0.5, 0.6) is 0 Å². The molecule has 2 saturated carbocycles. The van der Waals surface area contributed by atoms with Gasteiger partial charge in [-0.3, -0.25) is 4.79 Å². The lowest BCUT2D eigenvalue weighted by atomic mass is 9.92. The number of carbonyl (C=O) groups excluding carboxylic acids is 1. The van der Waals surface area contributed by atoms with E-state index < -0.39 is 0 Å². The summed E-state index contributed by atoms with van der Waals surface area (Å²) < 4.78 is 0. The largest absolute Gasteiger partial charge is 0.352 e. The zero-order chi connectivity index (χ0) is 13.7. The Bertz CT molecular complexity index is 289. The van der Waals surface area contributed by atoms with Crippen LogP contribution in [0.3, 0.4) is 0 Å². The summed E-state index contributed by atoms with van der Waals surface area (Å²) in [6, 6.07) is 0.428. The molecule has 110 valence electrons. The van der Waals surface area contributed by atoms with Crippen molar-refractivity contribution < 1.29 is 4.79 Å². The molecule has 0 aromatic carbocycles. The lowest BCUT2D eigenvalue weighted by molar-refractivity contribution is -0.121. The van der Waals surface area contributed by atoms with E-state index in [0.717, 1.165) is 12.5 Å². The smallest absolute Gasteiger partial charge is 0.234 e. The molecule has 2 aliphatic rings. The maximum Gasteiger partial charge on any atom is 0.234 e. The van der Waals surface area contributed by atoms with E-state index in [1.165, 1.54) is 51.4 Å². The van der Waals surface area contributed by atoms with Crippen LogP contribution in [0.2, 0.25) is 0 Å². The predicted octanol–water partition coefficient (Wildman–Crippen LogP) is 2.85. The van der Waals surface area contributed by atoms with Crippen LogP contribution in [0.1, 0.15) is 65.2 Å². The summed E-state index contributed by atoms with van der Waals surface area (Å²) in [5, 5.41) is 6.56. The molecule has 0 spiro atoms. The third kappa shape index (κ3) is 4.48. The first-order chi connectivity index (χ1) is 9.12. The van der Waals surface area contributed by atoms with Gasteiger partial charge in [0.15, 0.2) is 0 Å². The van der Waals surface area contributed by atoms with Crippen molar-refractivity contribution in [1.29, 1.82) is 0 Å². The molecule has 2 N–H and O–H groups in total. The molecule has 2 aliphatic carbocycles. The quantitative estimate of drug-likeness (QED) is 0.726. The molecule has 2 fully saturated rings. The highest BCUT2D eigenvalue weighted by Gasteiger charge is 2.44. The Labute approximate surface area is 117 Å². The van der Waals surface area contributed by atoms with Crippen molar-refractivity contribution in [3.8, 4) is 0 Å². The van der Waals surface area contributed by atoms with E-state index in [-0.39, 0.29) is 5.91 Å². The number of carbonyl (C=O) groups is 1. The first-order valence-corrected chi connectivity index (χ1v) is 8.12. The molecule has 0 bridgehead atoms. The first-order valence-electron chi connectivity index (χ1n) is 8.12. The zero-order valence-corrected chi connectivity index (χ0v) is 12.6. The Hall–Kier alpha value is -0.570. The van der Waals surface area contributed by atoms with Crippen molar-refractivity contribution in [2.24, 2.45) is 11.3 Å². The number of hydrogen-bond acceptors (Lipinski definition) is 2. The summed E-state index contributed by atoms with van der Waals surface area (Å²) in [6.07, 6.45) is 10.2. The highest BCUT2D eigenvalue weighted by Crippen LogP contribution is 2.51. The SMILES string of the molecule is CC(C)C1(CNCC(=O)NC2CCCCCC2)CC1. The highest BCUT2D eigenvalue weighted by molar-refractivity contribution is 5.78. The predicted molar refractivity (Wildman–Crippen MR) is 79.0 cm³/mol. The van der Waals surface area contributed by atoms with Gasteiger partial charge >= 0.3 is 0 Å². The van der Waals surface area contributed by atoms with Crippen LogP contribution in [-0.4, -0.2) is 25.0 Å². The average molecular weight is 266 g/mol.